The van der Waals surface area contributed by atoms with E-state index in [-0.39, 0.29) is 0 Å². The van der Waals surface area contributed by atoms with Gasteiger partial charge in [0, 0.05) is 17.1 Å². The molecule has 0 atom stereocenters. The van der Waals surface area contributed by atoms with Gasteiger partial charge < -0.3 is 4.98 Å². The summed E-state index contributed by atoms with van der Waals surface area (Å²) in [4.78, 5) is 14.3. The number of allylic oxidation sites excluding steroid dienone is 5. The Morgan fingerprint density at radius 2 is 2.00 bits per heavy atom. The third kappa shape index (κ3) is 3.79. The Balaban J connectivity index is 1.67. The van der Waals surface area contributed by atoms with E-state index in [2.05, 4.69) is 52.7 Å². The zero-order valence-electron chi connectivity index (χ0n) is 19.2. The number of nitrogens with one attached hydrogen (secondary N) is 2. The van der Waals surface area contributed by atoms with Crippen molar-refractivity contribution in [1.82, 2.24) is 25.1 Å². The number of hydrogen-bond donors (Lipinski definition) is 2. The van der Waals surface area contributed by atoms with Crippen molar-refractivity contribution < 1.29 is 0 Å². The van der Waals surface area contributed by atoms with Crippen LogP contribution in [0.15, 0.2) is 66.9 Å². The largest absolute Gasteiger partial charge is 0.353 e. The maximum Gasteiger partial charge on any atom is 0.135 e. The van der Waals surface area contributed by atoms with Crippen molar-refractivity contribution in [3.63, 3.8) is 0 Å². The number of halogens is 1. The molecule has 0 aliphatic carbocycles. The molecule has 0 radical (unpaired) electrons. The average Bonchev–Trinajstić information content (AvgIpc) is 3.56. The van der Waals surface area contributed by atoms with Gasteiger partial charge in [-0.3, -0.25) is 10.1 Å². The topological polar surface area (TPSA) is 70.2 Å². The minimum Gasteiger partial charge on any atom is -0.353 e. The monoisotopic (exact) mass is 485 g/mol. The van der Waals surface area contributed by atoms with Gasteiger partial charge in [-0.25, -0.2) is 4.98 Å². The molecule has 0 spiro atoms. The van der Waals surface area contributed by atoms with Crippen LogP contribution < -0.4 is 0 Å². The Bertz CT molecular complexity index is 1600. The third-order valence-electron chi connectivity index (χ3n) is 6.03. The lowest BCUT2D eigenvalue weighted by atomic mass is 10.0. The van der Waals surface area contributed by atoms with Gasteiger partial charge in [0.15, 0.2) is 0 Å². The summed E-state index contributed by atoms with van der Waals surface area (Å²) in [5.74, 6) is 0. The quantitative estimate of drug-likeness (QED) is 0.238. The normalized spacial score (nSPS) is 12.7. The predicted octanol–water partition coefficient (Wildman–Crippen LogP) is 8.12. The summed E-state index contributed by atoms with van der Waals surface area (Å²) in [6.45, 7) is 10.2. The van der Waals surface area contributed by atoms with Gasteiger partial charge in [-0.2, -0.15) is 5.10 Å². The molecule has 7 heteroatoms. The van der Waals surface area contributed by atoms with Crippen molar-refractivity contribution >= 4 is 50.4 Å². The van der Waals surface area contributed by atoms with Crippen molar-refractivity contribution in [2.75, 3.05) is 0 Å². The summed E-state index contributed by atoms with van der Waals surface area (Å²) >= 11 is 7.73. The molecule has 5 heterocycles. The molecule has 5 aromatic heterocycles. The Hall–Kier alpha value is -3.48. The zero-order chi connectivity index (χ0) is 23.8. The van der Waals surface area contributed by atoms with Crippen LogP contribution in [0.1, 0.15) is 31.5 Å². The van der Waals surface area contributed by atoms with E-state index in [1.54, 1.807) is 0 Å². The Labute approximate surface area is 206 Å². The van der Waals surface area contributed by atoms with Gasteiger partial charge in [-0.05, 0) is 73.4 Å². The summed E-state index contributed by atoms with van der Waals surface area (Å²) in [7, 11) is 0. The molecule has 0 saturated heterocycles. The van der Waals surface area contributed by atoms with E-state index in [0.29, 0.717) is 0 Å². The smallest absolute Gasteiger partial charge is 0.135 e. The average molecular weight is 486 g/mol. The molecular formula is C27H24ClN5S. The molecule has 5 aromatic rings. The van der Waals surface area contributed by atoms with Gasteiger partial charge in [-0.1, -0.05) is 37.3 Å². The molecule has 0 amide bonds. The van der Waals surface area contributed by atoms with Gasteiger partial charge in [0.1, 0.15) is 11.2 Å². The lowest BCUT2D eigenvalue weighted by molar-refractivity contribution is 1.11. The number of nitrogens with zero attached hydrogens (tertiary/aromatic N) is 3. The Morgan fingerprint density at radius 1 is 1.15 bits per heavy atom. The Kier molecular flexibility index (Phi) is 5.94. The maximum atomic E-state index is 6.20. The van der Waals surface area contributed by atoms with Crippen LogP contribution in [0, 0.1) is 6.92 Å². The first-order valence-corrected chi connectivity index (χ1v) is 12.3. The van der Waals surface area contributed by atoms with E-state index in [1.165, 1.54) is 16.9 Å². The number of aryl methyl sites for hydroxylation is 1. The van der Waals surface area contributed by atoms with E-state index in [4.69, 9.17) is 16.6 Å². The summed E-state index contributed by atoms with van der Waals surface area (Å²) < 4.78 is 0.744. The highest BCUT2D eigenvalue weighted by Gasteiger charge is 2.20. The van der Waals surface area contributed by atoms with Crippen LogP contribution in [0.4, 0.5) is 0 Å². The van der Waals surface area contributed by atoms with Crippen LogP contribution in [-0.4, -0.2) is 25.1 Å². The first-order chi connectivity index (χ1) is 16.5. The van der Waals surface area contributed by atoms with Crippen LogP contribution in [0.3, 0.4) is 0 Å². The molecule has 0 saturated carbocycles. The lowest BCUT2D eigenvalue weighted by Crippen LogP contribution is -1.90. The number of aromatic nitrogens is 5. The number of fused-ring (bicyclic) bond motifs is 2. The fourth-order valence-corrected chi connectivity index (χ4v) is 5.25. The van der Waals surface area contributed by atoms with Gasteiger partial charge in [0.25, 0.3) is 0 Å². The van der Waals surface area contributed by atoms with E-state index in [1.807, 2.05) is 49.5 Å². The van der Waals surface area contributed by atoms with Gasteiger partial charge in [0.2, 0.25) is 0 Å². The first kappa shape index (κ1) is 22.3. The SMILES string of the molecule is C=C/C(=C\C(=C/C)c1ccc2[nH]nc(-c3[nH]c4ccnc(-c5ccc(Cl)s5)c4c3C)c2n1)CC. The molecular weight excluding hydrogens is 462 g/mol. The summed E-state index contributed by atoms with van der Waals surface area (Å²) in [6, 6.07) is 9.96. The predicted molar refractivity (Wildman–Crippen MR) is 144 cm³/mol. The van der Waals surface area contributed by atoms with E-state index in [0.717, 1.165) is 71.5 Å². The number of pyridine rings is 2. The lowest BCUT2D eigenvalue weighted by Gasteiger charge is -2.05. The van der Waals surface area contributed by atoms with Crippen molar-refractivity contribution in [1.29, 1.82) is 0 Å². The summed E-state index contributed by atoms with van der Waals surface area (Å²) in [5, 5.41) is 8.85. The fourth-order valence-electron chi connectivity index (χ4n) is 4.21. The number of thiophene rings is 1. The van der Waals surface area contributed by atoms with Crippen molar-refractivity contribution in [3.05, 3.63) is 82.5 Å². The van der Waals surface area contributed by atoms with Gasteiger partial charge in [0.05, 0.1) is 31.8 Å². The summed E-state index contributed by atoms with van der Waals surface area (Å²) in [5.41, 5.74) is 9.56. The molecule has 0 unspecified atom stereocenters. The van der Waals surface area contributed by atoms with Gasteiger partial charge >= 0.3 is 0 Å². The second-order valence-electron chi connectivity index (χ2n) is 8.00. The standard InChI is InChI=1S/C27H24ClN5S/c1-5-16(6-2)14-17(7-3)18-8-9-20-25(30-18)27(33-32-20)24-15(4)23-19(31-24)12-13-29-26(23)21-10-11-22(28)34-21/h5,7-14,31H,1,6H2,2-4H3,(H,32,33)/b16-14+,17-7+. The third-order valence-corrected chi connectivity index (χ3v) is 7.27. The van der Waals surface area contributed by atoms with Crippen molar-refractivity contribution in [3.8, 4) is 22.0 Å². The minimum absolute atomic E-state index is 0.744. The molecule has 2 N–H and O–H groups in total. The molecule has 0 fully saturated rings. The first-order valence-electron chi connectivity index (χ1n) is 11.1. The van der Waals surface area contributed by atoms with Crippen LogP contribution in [-0.2, 0) is 0 Å². The highest BCUT2D eigenvalue weighted by Crippen LogP contribution is 2.39. The number of aromatic amines is 2. The molecule has 0 aliphatic rings. The molecule has 5 nitrogen and oxygen atoms in total. The molecule has 170 valence electrons. The highest BCUT2D eigenvalue weighted by atomic mass is 35.5. The summed E-state index contributed by atoms with van der Waals surface area (Å²) in [6.07, 6.45) is 8.84. The molecule has 0 aliphatic heterocycles. The minimum atomic E-state index is 0.744. The van der Waals surface area contributed by atoms with E-state index in [9.17, 15) is 0 Å². The van der Waals surface area contributed by atoms with Crippen LogP contribution in [0.2, 0.25) is 4.34 Å². The van der Waals surface area contributed by atoms with E-state index >= 15 is 0 Å². The molecule has 0 aromatic carbocycles. The van der Waals surface area contributed by atoms with Crippen LogP contribution in [0.25, 0.3) is 49.5 Å². The number of H-pyrrole nitrogens is 2. The highest BCUT2D eigenvalue weighted by molar-refractivity contribution is 7.19. The van der Waals surface area contributed by atoms with Crippen LogP contribution in [0.5, 0.6) is 0 Å². The molecule has 5 rings (SSSR count). The van der Waals surface area contributed by atoms with Crippen LogP contribution >= 0.6 is 22.9 Å². The van der Waals surface area contributed by atoms with Crippen molar-refractivity contribution in [2.24, 2.45) is 0 Å². The van der Waals surface area contributed by atoms with Crippen molar-refractivity contribution in [2.45, 2.75) is 27.2 Å². The zero-order valence-corrected chi connectivity index (χ0v) is 20.8. The Morgan fingerprint density at radius 3 is 2.71 bits per heavy atom. The molecule has 34 heavy (non-hydrogen) atoms. The second-order valence-corrected chi connectivity index (χ2v) is 9.71. The van der Waals surface area contributed by atoms with E-state index < -0.39 is 0 Å². The molecule has 0 bridgehead atoms. The number of rotatable bonds is 6. The number of hydrogen-bond acceptors (Lipinski definition) is 4. The fraction of sp³-hybridized carbons (Fsp3) is 0.148. The van der Waals surface area contributed by atoms with Gasteiger partial charge in [-0.15, -0.1) is 11.3 Å². The second kappa shape index (κ2) is 9.05. The maximum absolute atomic E-state index is 6.20.